The molecule has 0 radical (unpaired) electrons. The highest BCUT2D eigenvalue weighted by atomic mass is 35.5. The van der Waals surface area contributed by atoms with Gasteiger partial charge in [0.25, 0.3) is 5.91 Å². The summed E-state index contributed by atoms with van der Waals surface area (Å²) in [6.07, 6.45) is 6.12. The average Bonchev–Trinajstić information content (AvgIpc) is 3.41. The molecule has 1 aromatic carbocycles. The van der Waals surface area contributed by atoms with Crippen LogP contribution in [0.1, 0.15) is 36.9 Å². The van der Waals surface area contributed by atoms with Gasteiger partial charge in [-0.05, 0) is 25.7 Å². The second-order valence-corrected chi connectivity index (χ2v) is 9.20. The number of hydrogen-bond acceptors (Lipinski definition) is 5. The maximum atomic E-state index is 12.1. The number of amides is 1. The van der Waals surface area contributed by atoms with E-state index in [4.69, 9.17) is 21.5 Å². The Bertz CT molecular complexity index is 919. The first-order valence-electron chi connectivity index (χ1n) is 9.79. The van der Waals surface area contributed by atoms with E-state index >= 15 is 0 Å². The van der Waals surface area contributed by atoms with Crippen molar-refractivity contribution >= 4 is 35.1 Å². The van der Waals surface area contributed by atoms with Crippen LogP contribution in [0.25, 0.3) is 11.3 Å². The molecule has 2 aliphatic heterocycles. The molecule has 2 aliphatic rings. The van der Waals surface area contributed by atoms with E-state index in [1.54, 1.807) is 0 Å². The van der Waals surface area contributed by atoms with E-state index in [2.05, 4.69) is 15.4 Å². The molecule has 152 valence electrons. The molecule has 6 nitrogen and oxygen atoms in total. The Morgan fingerprint density at radius 1 is 1.28 bits per heavy atom. The number of halogens is 1. The number of rotatable bonds is 5. The highest BCUT2D eigenvalue weighted by molar-refractivity contribution is 8.05. The summed E-state index contributed by atoms with van der Waals surface area (Å²) >= 11 is 7.38. The molecule has 1 fully saturated rings. The highest BCUT2D eigenvalue weighted by Gasteiger charge is 2.21. The molecule has 1 unspecified atom stereocenters. The van der Waals surface area contributed by atoms with Gasteiger partial charge in [-0.1, -0.05) is 35.5 Å². The summed E-state index contributed by atoms with van der Waals surface area (Å²) in [4.78, 5) is 14.9. The van der Waals surface area contributed by atoms with Crippen LogP contribution in [0, 0.1) is 5.41 Å². The zero-order chi connectivity index (χ0) is 20.2. The van der Waals surface area contributed by atoms with Crippen molar-refractivity contribution in [1.29, 1.82) is 5.41 Å². The standard InChI is InChI=1S/C21H23ClN4O2S/c22-19-9-8-18(29-19)21(27)24-13-16-12-17(28-25-16)14-4-6-15(7-5-14)20(23)26-10-2-1-3-11-26/h4-8,12,19,23H,1-3,9-11,13H2,(H,24,27). The summed E-state index contributed by atoms with van der Waals surface area (Å²) < 4.78 is 5.37. The largest absolute Gasteiger partial charge is 0.357 e. The molecule has 2 aromatic rings. The number of carbonyl (C=O) groups excluding carboxylic acids is 1. The number of allylic oxidation sites excluding steroid dienone is 1. The summed E-state index contributed by atoms with van der Waals surface area (Å²) in [6, 6.07) is 9.60. The van der Waals surface area contributed by atoms with E-state index in [-0.39, 0.29) is 10.6 Å². The SMILES string of the molecule is N=C(c1ccc(-c2cc(CNC(=O)C3=CCC(Cl)S3)no2)cc1)N1CCCCC1. The molecule has 2 N–H and O–H groups in total. The van der Waals surface area contributed by atoms with Gasteiger partial charge < -0.3 is 14.7 Å². The quantitative estimate of drug-likeness (QED) is 0.418. The first kappa shape index (κ1) is 20.0. The average molecular weight is 431 g/mol. The molecule has 0 aliphatic carbocycles. The normalized spacial score (nSPS) is 19.1. The summed E-state index contributed by atoms with van der Waals surface area (Å²) in [7, 11) is 0. The Hall–Kier alpha value is -2.25. The number of aromatic nitrogens is 1. The molecule has 0 saturated carbocycles. The van der Waals surface area contributed by atoms with Crippen LogP contribution in [0.3, 0.4) is 0 Å². The Kier molecular flexibility index (Phi) is 6.25. The van der Waals surface area contributed by atoms with Gasteiger partial charge in [-0.25, -0.2) is 0 Å². The third-order valence-electron chi connectivity index (χ3n) is 5.07. The molecule has 4 rings (SSSR count). The van der Waals surface area contributed by atoms with Gasteiger partial charge in [-0.2, -0.15) is 0 Å². The van der Waals surface area contributed by atoms with Gasteiger partial charge in [-0.3, -0.25) is 10.2 Å². The van der Waals surface area contributed by atoms with Crippen LogP contribution >= 0.6 is 23.4 Å². The number of likely N-dealkylation sites (tertiary alicyclic amines) is 1. The van der Waals surface area contributed by atoms with E-state index in [0.29, 0.717) is 35.2 Å². The molecule has 0 bridgehead atoms. The second-order valence-electron chi connectivity index (χ2n) is 7.17. The van der Waals surface area contributed by atoms with Crippen LogP contribution in [-0.2, 0) is 11.3 Å². The molecule has 1 aromatic heterocycles. The maximum absolute atomic E-state index is 12.1. The summed E-state index contributed by atoms with van der Waals surface area (Å²) in [5.41, 5.74) is 2.46. The van der Waals surface area contributed by atoms with E-state index in [0.717, 1.165) is 37.1 Å². The van der Waals surface area contributed by atoms with Crippen LogP contribution in [0.2, 0.25) is 0 Å². The Labute approximate surface area is 179 Å². The van der Waals surface area contributed by atoms with Gasteiger partial charge in [0.15, 0.2) is 5.76 Å². The maximum Gasteiger partial charge on any atom is 0.257 e. The third-order valence-corrected chi connectivity index (χ3v) is 6.57. The molecule has 29 heavy (non-hydrogen) atoms. The monoisotopic (exact) mass is 430 g/mol. The fourth-order valence-electron chi connectivity index (χ4n) is 3.46. The van der Waals surface area contributed by atoms with Crippen molar-refractivity contribution in [3.05, 3.63) is 52.6 Å². The Morgan fingerprint density at radius 2 is 2.03 bits per heavy atom. The minimum Gasteiger partial charge on any atom is -0.357 e. The van der Waals surface area contributed by atoms with Crippen molar-refractivity contribution in [1.82, 2.24) is 15.4 Å². The van der Waals surface area contributed by atoms with Crippen LogP contribution in [-0.4, -0.2) is 39.6 Å². The van der Waals surface area contributed by atoms with Gasteiger partial charge in [-0.15, -0.1) is 23.4 Å². The second kappa shape index (κ2) is 9.05. The number of alkyl halides is 1. The molecule has 1 amide bonds. The van der Waals surface area contributed by atoms with Crippen LogP contribution in [0.5, 0.6) is 0 Å². The number of nitrogens with one attached hydrogen (secondary N) is 2. The predicted octanol–water partition coefficient (Wildman–Crippen LogP) is 4.35. The lowest BCUT2D eigenvalue weighted by Gasteiger charge is -2.29. The zero-order valence-electron chi connectivity index (χ0n) is 16.0. The number of nitrogens with zero attached hydrogens (tertiary/aromatic N) is 2. The van der Waals surface area contributed by atoms with Crippen molar-refractivity contribution in [3.63, 3.8) is 0 Å². The predicted molar refractivity (Wildman–Crippen MR) is 116 cm³/mol. The fourth-order valence-corrected chi connectivity index (χ4v) is 4.68. The number of benzene rings is 1. The van der Waals surface area contributed by atoms with E-state index in [9.17, 15) is 4.79 Å². The molecule has 8 heteroatoms. The summed E-state index contributed by atoms with van der Waals surface area (Å²) in [5.74, 6) is 1.08. The zero-order valence-corrected chi connectivity index (χ0v) is 17.6. The minimum absolute atomic E-state index is 0.0613. The molecule has 1 atom stereocenters. The van der Waals surface area contributed by atoms with Gasteiger partial charge in [0.1, 0.15) is 11.5 Å². The molecule has 1 saturated heterocycles. The number of hydrogen-bond donors (Lipinski definition) is 2. The van der Waals surface area contributed by atoms with Gasteiger partial charge in [0.2, 0.25) is 0 Å². The van der Waals surface area contributed by atoms with Crippen molar-refractivity contribution in [2.45, 2.75) is 36.9 Å². The van der Waals surface area contributed by atoms with Crippen LogP contribution in [0.4, 0.5) is 0 Å². The van der Waals surface area contributed by atoms with Crippen molar-refractivity contribution in [2.24, 2.45) is 0 Å². The Morgan fingerprint density at radius 3 is 2.72 bits per heavy atom. The van der Waals surface area contributed by atoms with Crippen molar-refractivity contribution in [3.8, 4) is 11.3 Å². The smallest absolute Gasteiger partial charge is 0.257 e. The lowest BCUT2D eigenvalue weighted by atomic mass is 10.1. The number of carbonyl (C=O) groups is 1. The van der Waals surface area contributed by atoms with E-state index < -0.39 is 0 Å². The van der Waals surface area contributed by atoms with E-state index in [1.165, 1.54) is 18.2 Å². The topological polar surface area (TPSA) is 82.2 Å². The van der Waals surface area contributed by atoms with Gasteiger partial charge in [0, 0.05) is 30.3 Å². The molecule has 0 spiro atoms. The molecular formula is C21H23ClN4O2S. The first-order valence-corrected chi connectivity index (χ1v) is 11.1. The summed E-state index contributed by atoms with van der Waals surface area (Å²) in [5, 5.41) is 15.3. The third kappa shape index (κ3) is 4.85. The van der Waals surface area contributed by atoms with Gasteiger partial charge in [0.05, 0.1) is 16.2 Å². The lowest BCUT2D eigenvalue weighted by molar-refractivity contribution is -0.117. The Balaban J connectivity index is 1.35. The lowest BCUT2D eigenvalue weighted by Crippen LogP contribution is -2.35. The van der Waals surface area contributed by atoms with Gasteiger partial charge >= 0.3 is 0 Å². The first-order chi connectivity index (χ1) is 14.1. The molecule has 3 heterocycles. The number of piperidine rings is 1. The fraction of sp³-hybridized carbons (Fsp3) is 0.381. The number of thioether (sulfide) groups is 1. The molecular weight excluding hydrogens is 408 g/mol. The van der Waals surface area contributed by atoms with Crippen molar-refractivity contribution < 1.29 is 9.32 Å². The van der Waals surface area contributed by atoms with Crippen LogP contribution < -0.4 is 5.32 Å². The summed E-state index contributed by atoms with van der Waals surface area (Å²) in [6.45, 7) is 2.21. The van der Waals surface area contributed by atoms with E-state index in [1.807, 2.05) is 36.4 Å². The highest BCUT2D eigenvalue weighted by Crippen LogP contribution is 2.34. The minimum atomic E-state index is -0.136. The number of amidine groups is 1. The van der Waals surface area contributed by atoms with Crippen LogP contribution in [0.15, 0.2) is 45.8 Å². The van der Waals surface area contributed by atoms with Crippen molar-refractivity contribution in [2.75, 3.05) is 13.1 Å².